The second kappa shape index (κ2) is 8.89. The first kappa shape index (κ1) is 19.3. The van der Waals surface area contributed by atoms with Gasteiger partial charge in [0.05, 0.1) is 20.6 Å². The summed E-state index contributed by atoms with van der Waals surface area (Å²) in [5, 5.41) is 2.54. The van der Waals surface area contributed by atoms with Gasteiger partial charge in [-0.15, -0.1) is 0 Å². The largest absolute Gasteiger partial charge is 0.481 e. The summed E-state index contributed by atoms with van der Waals surface area (Å²) in [5.74, 6) is -2.75. The average Bonchev–Trinajstić information content (AvgIpc) is 2.64. The highest BCUT2D eigenvalue weighted by Gasteiger charge is 2.22. The molecule has 2 aromatic rings. The number of halogens is 2. The molecule has 0 unspecified atom stereocenters. The van der Waals surface area contributed by atoms with Crippen LogP contribution in [0.1, 0.15) is 11.1 Å². The predicted molar refractivity (Wildman–Crippen MR) is 88.5 cm³/mol. The fourth-order valence-electron chi connectivity index (χ4n) is 2.30. The number of nitrogens with one attached hydrogen (secondary N) is 1. The van der Waals surface area contributed by atoms with Crippen LogP contribution in [0.5, 0.6) is 5.88 Å². The zero-order valence-electron chi connectivity index (χ0n) is 14.3. The van der Waals surface area contributed by atoms with E-state index in [9.17, 15) is 18.4 Å². The fourth-order valence-corrected chi connectivity index (χ4v) is 2.30. The van der Waals surface area contributed by atoms with E-state index in [1.807, 2.05) is 0 Å². The minimum Gasteiger partial charge on any atom is -0.481 e. The van der Waals surface area contributed by atoms with Crippen LogP contribution in [0.4, 0.5) is 8.78 Å². The Morgan fingerprint density at radius 3 is 2.42 bits per heavy atom. The van der Waals surface area contributed by atoms with Crippen molar-refractivity contribution in [2.24, 2.45) is 0 Å². The topological polar surface area (TPSA) is 77.5 Å². The van der Waals surface area contributed by atoms with Crippen molar-refractivity contribution in [3.8, 4) is 5.88 Å². The van der Waals surface area contributed by atoms with Crippen LogP contribution in [0.15, 0.2) is 36.5 Å². The Hall–Kier alpha value is -3.03. The van der Waals surface area contributed by atoms with Crippen molar-refractivity contribution < 1.29 is 27.8 Å². The molecule has 138 valence electrons. The van der Waals surface area contributed by atoms with E-state index in [-0.39, 0.29) is 18.4 Å². The zero-order valence-corrected chi connectivity index (χ0v) is 14.3. The molecule has 1 heterocycles. The SMILES string of the molecule is COC(=O)[C@@H](Cc1ccc(OC)nc1)NC(=O)Cc1ccc(F)c(F)c1. The Morgan fingerprint density at radius 2 is 1.85 bits per heavy atom. The molecule has 1 aromatic heterocycles. The van der Waals surface area contributed by atoms with Crippen molar-refractivity contribution in [1.82, 2.24) is 10.3 Å². The van der Waals surface area contributed by atoms with Crippen LogP contribution < -0.4 is 10.1 Å². The van der Waals surface area contributed by atoms with E-state index in [1.165, 1.54) is 26.5 Å². The highest BCUT2D eigenvalue weighted by atomic mass is 19.2. The summed E-state index contributed by atoms with van der Waals surface area (Å²) in [6.45, 7) is 0. The van der Waals surface area contributed by atoms with E-state index in [4.69, 9.17) is 9.47 Å². The molecule has 0 bridgehead atoms. The van der Waals surface area contributed by atoms with Crippen LogP contribution in [-0.2, 0) is 27.2 Å². The van der Waals surface area contributed by atoms with Crippen LogP contribution in [0, 0.1) is 11.6 Å². The molecule has 0 spiro atoms. The maximum absolute atomic E-state index is 13.2. The minimum absolute atomic E-state index is 0.160. The summed E-state index contributed by atoms with van der Waals surface area (Å²) in [6.07, 6.45) is 1.48. The van der Waals surface area contributed by atoms with Gasteiger partial charge in [0.25, 0.3) is 0 Å². The van der Waals surface area contributed by atoms with Gasteiger partial charge in [-0.05, 0) is 23.3 Å². The first-order chi connectivity index (χ1) is 12.4. The molecule has 2 rings (SSSR count). The average molecular weight is 364 g/mol. The van der Waals surface area contributed by atoms with E-state index in [0.717, 1.165) is 12.1 Å². The third-order valence-corrected chi connectivity index (χ3v) is 3.62. The van der Waals surface area contributed by atoms with E-state index >= 15 is 0 Å². The monoisotopic (exact) mass is 364 g/mol. The van der Waals surface area contributed by atoms with Crippen molar-refractivity contribution in [1.29, 1.82) is 0 Å². The summed E-state index contributed by atoms with van der Waals surface area (Å²) < 4.78 is 35.8. The molecular weight excluding hydrogens is 346 g/mol. The molecule has 0 radical (unpaired) electrons. The first-order valence-electron chi connectivity index (χ1n) is 7.73. The number of carbonyl (C=O) groups excluding carboxylic acids is 2. The number of amides is 1. The number of methoxy groups -OCH3 is 2. The maximum Gasteiger partial charge on any atom is 0.328 e. The number of hydrogen-bond donors (Lipinski definition) is 1. The van der Waals surface area contributed by atoms with Crippen molar-refractivity contribution in [2.45, 2.75) is 18.9 Å². The van der Waals surface area contributed by atoms with Crippen LogP contribution in [0.25, 0.3) is 0 Å². The molecule has 0 aliphatic heterocycles. The number of aromatic nitrogens is 1. The van der Waals surface area contributed by atoms with Gasteiger partial charge >= 0.3 is 5.97 Å². The molecule has 0 aliphatic rings. The quantitative estimate of drug-likeness (QED) is 0.759. The number of rotatable bonds is 7. The molecule has 0 saturated carbocycles. The smallest absolute Gasteiger partial charge is 0.328 e. The molecule has 26 heavy (non-hydrogen) atoms. The van der Waals surface area contributed by atoms with Gasteiger partial charge in [0.2, 0.25) is 11.8 Å². The van der Waals surface area contributed by atoms with E-state index in [2.05, 4.69) is 10.3 Å². The van der Waals surface area contributed by atoms with Gasteiger partial charge in [-0.2, -0.15) is 0 Å². The summed E-state index contributed by atoms with van der Waals surface area (Å²) in [6, 6.07) is 5.59. The number of pyridine rings is 1. The Morgan fingerprint density at radius 1 is 1.12 bits per heavy atom. The second-order valence-electron chi connectivity index (χ2n) is 5.48. The van der Waals surface area contributed by atoms with Crippen molar-refractivity contribution in [3.63, 3.8) is 0 Å². The van der Waals surface area contributed by atoms with E-state index in [0.29, 0.717) is 11.4 Å². The number of ether oxygens (including phenoxy) is 2. The fraction of sp³-hybridized carbons (Fsp3) is 0.278. The van der Waals surface area contributed by atoms with Crippen LogP contribution in [0.3, 0.4) is 0 Å². The van der Waals surface area contributed by atoms with Crippen LogP contribution >= 0.6 is 0 Å². The van der Waals surface area contributed by atoms with Gasteiger partial charge in [0, 0.05) is 18.7 Å². The summed E-state index contributed by atoms with van der Waals surface area (Å²) >= 11 is 0. The maximum atomic E-state index is 13.2. The van der Waals surface area contributed by atoms with Gasteiger partial charge in [-0.3, -0.25) is 4.79 Å². The van der Waals surface area contributed by atoms with E-state index in [1.54, 1.807) is 12.1 Å². The molecule has 1 atom stereocenters. The molecule has 1 aromatic carbocycles. The Kier molecular flexibility index (Phi) is 6.60. The van der Waals surface area contributed by atoms with Gasteiger partial charge in [0.15, 0.2) is 11.6 Å². The molecule has 1 amide bonds. The molecule has 0 fully saturated rings. The lowest BCUT2D eigenvalue weighted by Gasteiger charge is -2.16. The van der Waals surface area contributed by atoms with Crippen molar-refractivity contribution in [3.05, 3.63) is 59.3 Å². The highest BCUT2D eigenvalue weighted by molar-refractivity contribution is 5.85. The first-order valence-corrected chi connectivity index (χ1v) is 7.73. The Balaban J connectivity index is 2.04. The summed E-state index contributed by atoms with van der Waals surface area (Å²) in [5.41, 5.74) is 0.977. The van der Waals surface area contributed by atoms with Crippen LogP contribution in [-0.4, -0.2) is 37.1 Å². The minimum atomic E-state index is -1.04. The van der Waals surface area contributed by atoms with Crippen molar-refractivity contribution >= 4 is 11.9 Å². The second-order valence-corrected chi connectivity index (χ2v) is 5.48. The lowest BCUT2D eigenvalue weighted by Crippen LogP contribution is -2.43. The lowest BCUT2D eigenvalue weighted by molar-refractivity contribution is -0.145. The molecular formula is C18H18F2N2O4. The predicted octanol–water partition coefficient (Wildman–Crippen LogP) is 1.81. The molecule has 6 nitrogen and oxygen atoms in total. The van der Waals surface area contributed by atoms with Gasteiger partial charge in [-0.25, -0.2) is 18.6 Å². The lowest BCUT2D eigenvalue weighted by atomic mass is 10.1. The Bertz CT molecular complexity index is 781. The summed E-state index contributed by atoms with van der Waals surface area (Å²) in [7, 11) is 2.70. The number of esters is 1. The van der Waals surface area contributed by atoms with Gasteiger partial charge in [-0.1, -0.05) is 12.1 Å². The van der Waals surface area contributed by atoms with Crippen LogP contribution in [0.2, 0.25) is 0 Å². The number of nitrogens with zero attached hydrogens (tertiary/aromatic N) is 1. The molecule has 0 saturated heterocycles. The highest BCUT2D eigenvalue weighted by Crippen LogP contribution is 2.11. The third-order valence-electron chi connectivity index (χ3n) is 3.62. The molecule has 8 heteroatoms. The number of carbonyl (C=O) groups is 2. The van der Waals surface area contributed by atoms with Gasteiger partial charge < -0.3 is 14.8 Å². The van der Waals surface area contributed by atoms with Crippen molar-refractivity contribution in [2.75, 3.05) is 14.2 Å². The molecule has 1 N–H and O–H groups in total. The third kappa shape index (κ3) is 5.23. The zero-order chi connectivity index (χ0) is 19.1. The number of benzene rings is 1. The van der Waals surface area contributed by atoms with E-state index < -0.39 is 29.6 Å². The summed E-state index contributed by atoms with van der Waals surface area (Å²) in [4.78, 5) is 28.1. The number of hydrogen-bond acceptors (Lipinski definition) is 5. The Labute approximate surface area is 149 Å². The van der Waals surface area contributed by atoms with Gasteiger partial charge in [0.1, 0.15) is 6.04 Å². The standard InChI is InChI=1S/C18H18F2N2O4/c1-25-17-6-4-12(10-21-17)8-15(18(24)26-2)22-16(23)9-11-3-5-13(19)14(20)7-11/h3-7,10,15H,8-9H2,1-2H3,(H,22,23)/t15-/m1/s1. The normalized spacial score (nSPS) is 11.5. The molecule has 0 aliphatic carbocycles.